The van der Waals surface area contributed by atoms with E-state index in [2.05, 4.69) is 18.3 Å². The Morgan fingerprint density at radius 2 is 1.29 bits per heavy atom. The molecule has 1 aromatic carbocycles. The van der Waals surface area contributed by atoms with Gasteiger partial charge in [-0.3, -0.25) is 0 Å². The molecule has 2 rings (SSSR count). The predicted molar refractivity (Wildman–Crippen MR) is 142 cm³/mol. The van der Waals surface area contributed by atoms with E-state index >= 15 is 0 Å². The fourth-order valence-electron chi connectivity index (χ4n) is 4.92. The molecule has 0 aromatic heterocycles. The number of halogens is 1. The molecule has 1 atom stereocenters. The van der Waals surface area contributed by atoms with Gasteiger partial charge < -0.3 is 10.4 Å². The Morgan fingerprint density at radius 3 is 1.84 bits per heavy atom. The molecule has 0 heterocycles. The summed E-state index contributed by atoms with van der Waals surface area (Å²) < 4.78 is 0. The van der Waals surface area contributed by atoms with E-state index in [1.807, 2.05) is 12.1 Å². The van der Waals surface area contributed by atoms with Crippen molar-refractivity contribution in [3.05, 3.63) is 29.3 Å². The second-order valence-corrected chi connectivity index (χ2v) is 9.61. The van der Waals surface area contributed by atoms with Gasteiger partial charge in [-0.1, -0.05) is 115 Å². The van der Waals surface area contributed by atoms with Crippen LogP contribution in [0.2, 0.25) is 0 Å². The number of benzene rings is 1. The fraction of sp³-hybridized carbons (Fsp3) is 0.786. The van der Waals surface area contributed by atoms with E-state index in [0.717, 1.165) is 19.4 Å². The van der Waals surface area contributed by atoms with Crippen LogP contribution in [-0.2, 0) is 12.8 Å². The molecular formula is C28H50BrNO. The summed E-state index contributed by atoms with van der Waals surface area (Å²) in [6, 6.07) is 6.51. The lowest BCUT2D eigenvalue weighted by molar-refractivity contribution is 0.421. The maximum atomic E-state index is 10.1. The molecule has 0 aliphatic heterocycles. The topological polar surface area (TPSA) is 32.3 Å². The van der Waals surface area contributed by atoms with Crippen LogP contribution in [0.25, 0.3) is 0 Å². The summed E-state index contributed by atoms with van der Waals surface area (Å²) in [5.41, 5.74) is 2.52. The monoisotopic (exact) mass is 495 g/mol. The first-order valence-corrected chi connectivity index (χ1v) is 13.3. The number of fused-ring (bicyclic) bond motifs is 1. The second kappa shape index (κ2) is 19.0. The molecule has 2 nitrogen and oxygen atoms in total. The smallest absolute Gasteiger partial charge is 0.119 e. The van der Waals surface area contributed by atoms with Crippen LogP contribution in [0.5, 0.6) is 5.75 Å². The van der Waals surface area contributed by atoms with Crippen molar-refractivity contribution in [2.75, 3.05) is 6.54 Å². The van der Waals surface area contributed by atoms with Crippen LogP contribution in [0.4, 0.5) is 0 Å². The summed E-state index contributed by atoms with van der Waals surface area (Å²) in [4.78, 5) is 0. The first-order chi connectivity index (χ1) is 14.8. The van der Waals surface area contributed by atoms with Crippen LogP contribution in [0.15, 0.2) is 18.2 Å². The van der Waals surface area contributed by atoms with Crippen molar-refractivity contribution >= 4 is 17.0 Å². The molecule has 0 fully saturated rings. The quantitative estimate of drug-likeness (QED) is 0.199. The molecule has 1 aliphatic carbocycles. The van der Waals surface area contributed by atoms with Crippen molar-refractivity contribution in [1.29, 1.82) is 0 Å². The SMILES string of the molecule is Br.CCCCCCCCCCCCCCCCCCNC1CCc2cccc(O)c2C1. The maximum Gasteiger partial charge on any atom is 0.119 e. The zero-order chi connectivity index (χ0) is 21.3. The molecule has 1 aromatic rings. The van der Waals surface area contributed by atoms with E-state index < -0.39 is 0 Å². The molecule has 1 unspecified atom stereocenters. The van der Waals surface area contributed by atoms with E-state index in [1.54, 1.807) is 0 Å². The Balaban J connectivity index is 0.00000480. The van der Waals surface area contributed by atoms with Gasteiger partial charge in [0.05, 0.1) is 0 Å². The lowest BCUT2D eigenvalue weighted by Gasteiger charge is -2.26. The third kappa shape index (κ3) is 12.9. The Bertz CT molecular complexity index is 548. The van der Waals surface area contributed by atoms with Crippen molar-refractivity contribution in [2.45, 2.75) is 135 Å². The van der Waals surface area contributed by atoms with Crippen LogP contribution in [0, 0.1) is 0 Å². The number of rotatable bonds is 18. The molecule has 1 aliphatic rings. The molecule has 3 heteroatoms. The number of aromatic hydroxyl groups is 1. The normalized spacial score (nSPS) is 15.5. The summed E-state index contributed by atoms with van der Waals surface area (Å²) in [6.45, 7) is 3.43. The first-order valence-electron chi connectivity index (χ1n) is 13.3. The highest BCUT2D eigenvalue weighted by Crippen LogP contribution is 2.28. The standard InChI is InChI=1S/C28H49NO.BrH/c1-2-3-4-5-6-7-8-9-10-11-12-13-14-15-16-17-23-29-26-22-21-25-19-18-20-28(30)27(25)24-26;/h18-20,26,29-30H,2-17,21-24H2,1H3;1H. The van der Waals surface area contributed by atoms with Crippen molar-refractivity contribution in [1.82, 2.24) is 5.32 Å². The van der Waals surface area contributed by atoms with Gasteiger partial charge in [0, 0.05) is 6.04 Å². The van der Waals surface area contributed by atoms with Crippen molar-refractivity contribution < 1.29 is 5.11 Å². The molecule has 180 valence electrons. The summed E-state index contributed by atoms with van der Waals surface area (Å²) in [5, 5.41) is 13.8. The molecule has 0 saturated heterocycles. The lowest BCUT2D eigenvalue weighted by atomic mass is 9.87. The van der Waals surface area contributed by atoms with Gasteiger partial charge in [-0.05, 0) is 49.4 Å². The minimum absolute atomic E-state index is 0. The molecule has 31 heavy (non-hydrogen) atoms. The van der Waals surface area contributed by atoms with E-state index in [1.165, 1.54) is 120 Å². The largest absolute Gasteiger partial charge is 0.508 e. The van der Waals surface area contributed by atoms with E-state index in [0.29, 0.717) is 11.8 Å². The van der Waals surface area contributed by atoms with Gasteiger partial charge in [-0.15, -0.1) is 17.0 Å². The average molecular weight is 497 g/mol. The third-order valence-electron chi connectivity index (χ3n) is 6.92. The summed E-state index contributed by atoms with van der Waals surface area (Å²) in [7, 11) is 0. The number of unbranched alkanes of at least 4 members (excludes halogenated alkanes) is 15. The Hall–Kier alpha value is -0.540. The molecule has 0 amide bonds. The van der Waals surface area contributed by atoms with Crippen LogP contribution < -0.4 is 5.32 Å². The van der Waals surface area contributed by atoms with E-state index in [-0.39, 0.29) is 17.0 Å². The van der Waals surface area contributed by atoms with Gasteiger partial charge in [-0.25, -0.2) is 0 Å². The van der Waals surface area contributed by atoms with Gasteiger partial charge >= 0.3 is 0 Å². The number of hydrogen-bond acceptors (Lipinski definition) is 2. The van der Waals surface area contributed by atoms with Crippen LogP contribution in [-0.4, -0.2) is 17.7 Å². The van der Waals surface area contributed by atoms with Crippen LogP contribution >= 0.6 is 17.0 Å². The van der Waals surface area contributed by atoms with Crippen molar-refractivity contribution in [3.63, 3.8) is 0 Å². The zero-order valence-corrected chi connectivity index (χ0v) is 22.0. The van der Waals surface area contributed by atoms with Gasteiger partial charge in [0.25, 0.3) is 0 Å². The minimum atomic E-state index is 0. The first kappa shape index (κ1) is 28.5. The number of aryl methyl sites for hydroxylation is 1. The van der Waals surface area contributed by atoms with E-state index in [4.69, 9.17) is 0 Å². The number of nitrogens with one attached hydrogen (secondary N) is 1. The van der Waals surface area contributed by atoms with Crippen molar-refractivity contribution in [2.24, 2.45) is 0 Å². The highest BCUT2D eigenvalue weighted by Gasteiger charge is 2.20. The Labute approximate surface area is 203 Å². The minimum Gasteiger partial charge on any atom is -0.508 e. The average Bonchev–Trinajstić information content (AvgIpc) is 2.76. The highest BCUT2D eigenvalue weighted by atomic mass is 79.9. The molecule has 0 spiro atoms. The van der Waals surface area contributed by atoms with Gasteiger partial charge in [0.15, 0.2) is 0 Å². The van der Waals surface area contributed by atoms with Crippen molar-refractivity contribution in [3.8, 4) is 5.75 Å². The molecule has 0 radical (unpaired) electrons. The van der Waals surface area contributed by atoms with Gasteiger partial charge in [0.2, 0.25) is 0 Å². The fourth-order valence-corrected chi connectivity index (χ4v) is 4.92. The predicted octanol–water partition coefficient (Wildman–Crippen LogP) is 8.68. The van der Waals surface area contributed by atoms with Gasteiger partial charge in [0.1, 0.15) is 5.75 Å². The van der Waals surface area contributed by atoms with Crippen LogP contribution in [0.1, 0.15) is 127 Å². The third-order valence-corrected chi connectivity index (χ3v) is 6.92. The molecule has 2 N–H and O–H groups in total. The summed E-state index contributed by atoms with van der Waals surface area (Å²) in [5.74, 6) is 0.487. The Kier molecular flexibility index (Phi) is 17.4. The number of phenolic OH excluding ortho intramolecular Hbond substituents is 1. The molecule has 0 saturated carbocycles. The van der Waals surface area contributed by atoms with Gasteiger partial charge in [-0.2, -0.15) is 0 Å². The second-order valence-electron chi connectivity index (χ2n) is 9.61. The molecule has 0 bridgehead atoms. The lowest BCUT2D eigenvalue weighted by Crippen LogP contribution is -2.35. The highest BCUT2D eigenvalue weighted by molar-refractivity contribution is 8.93. The van der Waals surface area contributed by atoms with Crippen LogP contribution in [0.3, 0.4) is 0 Å². The summed E-state index contributed by atoms with van der Waals surface area (Å²) in [6.07, 6.45) is 26.1. The molecular weight excluding hydrogens is 446 g/mol. The zero-order valence-electron chi connectivity index (χ0n) is 20.3. The number of phenols is 1. The Morgan fingerprint density at radius 1 is 0.774 bits per heavy atom. The maximum absolute atomic E-state index is 10.1. The summed E-state index contributed by atoms with van der Waals surface area (Å²) >= 11 is 0. The van der Waals surface area contributed by atoms with E-state index in [9.17, 15) is 5.11 Å². The number of hydrogen-bond donors (Lipinski definition) is 2.